The molecule has 2 N–H and O–H groups in total. The van der Waals surface area contributed by atoms with Crippen LogP contribution in [0, 0.1) is 11.3 Å². The second-order valence-corrected chi connectivity index (χ2v) is 10.1. The number of anilines is 1. The van der Waals surface area contributed by atoms with E-state index >= 15 is 0 Å². The summed E-state index contributed by atoms with van der Waals surface area (Å²) in [5.74, 6) is 1.06. The van der Waals surface area contributed by atoms with Crippen LogP contribution in [-0.2, 0) is 11.8 Å². The number of hydrogen-bond donors (Lipinski definition) is 2. The van der Waals surface area contributed by atoms with Crippen molar-refractivity contribution in [3.8, 4) is 0 Å². The van der Waals surface area contributed by atoms with Gasteiger partial charge in [0.05, 0.1) is 17.8 Å². The Morgan fingerprint density at radius 3 is 2.67 bits per heavy atom. The topological polar surface area (TPSA) is 81.6 Å². The van der Waals surface area contributed by atoms with E-state index < -0.39 is 6.10 Å². The van der Waals surface area contributed by atoms with Gasteiger partial charge in [0.25, 0.3) is 5.91 Å². The van der Waals surface area contributed by atoms with Gasteiger partial charge in [0.2, 0.25) is 0 Å². The first-order chi connectivity index (χ1) is 14.1. The second kappa shape index (κ2) is 7.45. The van der Waals surface area contributed by atoms with Gasteiger partial charge in [-0.3, -0.25) is 9.36 Å². The summed E-state index contributed by atoms with van der Waals surface area (Å²) in [5.41, 5.74) is 2.14. The Bertz CT molecular complexity index is 949. The van der Waals surface area contributed by atoms with Crippen molar-refractivity contribution in [1.29, 1.82) is 0 Å². The van der Waals surface area contributed by atoms with E-state index in [-0.39, 0.29) is 35.0 Å². The number of aliphatic hydroxyl groups is 1. The van der Waals surface area contributed by atoms with Gasteiger partial charge in [0, 0.05) is 20.1 Å². The molecular formula is C23H34N4O3. The fourth-order valence-corrected chi connectivity index (χ4v) is 5.15. The van der Waals surface area contributed by atoms with E-state index in [1.807, 2.05) is 24.9 Å². The van der Waals surface area contributed by atoms with Gasteiger partial charge in [-0.25, -0.2) is 4.79 Å². The number of amides is 1. The van der Waals surface area contributed by atoms with E-state index in [2.05, 4.69) is 42.8 Å². The highest BCUT2D eigenvalue weighted by atomic mass is 16.3. The molecule has 4 heterocycles. The van der Waals surface area contributed by atoms with Gasteiger partial charge >= 0.3 is 5.69 Å². The minimum atomic E-state index is -0.912. The maximum Gasteiger partial charge on any atom is 0.327 e. The Balaban J connectivity index is 1.70. The van der Waals surface area contributed by atoms with Crippen molar-refractivity contribution < 1.29 is 9.90 Å². The average molecular weight is 415 g/mol. The van der Waals surface area contributed by atoms with Crippen molar-refractivity contribution in [3.05, 3.63) is 33.9 Å². The number of rotatable bonds is 4. The molecule has 0 radical (unpaired) electrons. The fraction of sp³-hybridized carbons (Fsp3) is 0.652. The van der Waals surface area contributed by atoms with Crippen molar-refractivity contribution in [3.63, 3.8) is 0 Å². The number of aromatic nitrogens is 2. The average Bonchev–Trinajstić information content (AvgIpc) is 3.00. The molecule has 5 rings (SSSR count). The van der Waals surface area contributed by atoms with E-state index in [9.17, 15) is 14.7 Å². The summed E-state index contributed by atoms with van der Waals surface area (Å²) >= 11 is 0. The lowest BCUT2D eigenvalue weighted by Crippen LogP contribution is -2.55. The number of aromatic amines is 1. The number of imidazole rings is 1. The highest BCUT2D eigenvalue weighted by Crippen LogP contribution is 2.41. The normalized spacial score (nSPS) is 26.6. The van der Waals surface area contributed by atoms with Crippen LogP contribution in [0.25, 0.3) is 6.08 Å². The molecule has 7 nitrogen and oxygen atoms in total. The number of fused-ring (bicyclic) bond motifs is 3. The molecule has 1 fully saturated rings. The molecule has 1 aromatic rings. The summed E-state index contributed by atoms with van der Waals surface area (Å²) in [5, 5.41) is 10.1. The Morgan fingerprint density at radius 2 is 2.07 bits per heavy atom. The first kappa shape index (κ1) is 21.0. The van der Waals surface area contributed by atoms with Gasteiger partial charge in [0.15, 0.2) is 0 Å². The van der Waals surface area contributed by atoms with E-state index in [1.54, 1.807) is 4.57 Å². The molecule has 4 aliphatic rings. The smallest absolute Gasteiger partial charge is 0.327 e. The van der Waals surface area contributed by atoms with E-state index in [0.29, 0.717) is 13.0 Å². The third-order valence-corrected chi connectivity index (χ3v) is 6.58. The highest BCUT2D eigenvalue weighted by molar-refractivity contribution is 5.81. The van der Waals surface area contributed by atoms with Crippen LogP contribution in [0.3, 0.4) is 0 Å². The maximum absolute atomic E-state index is 12.6. The van der Waals surface area contributed by atoms with Crippen molar-refractivity contribution in [2.45, 2.75) is 65.1 Å². The van der Waals surface area contributed by atoms with Crippen LogP contribution in [0.2, 0.25) is 0 Å². The SMILES string of the molecule is CCC(O)C(=O)N1CC2CCC1C=C2C1C=Cc2[nH]c(=O)n(C)c2N1CC(C)(C)C. The summed E-state index contributed by atoms with van der Waals surface area (Å²) in [4.78, 5) is 32.1. The summed E-state index contributed by atoms with van der Waals surface area (Å²) in [7, 11) is 1.82. The molecule has 1 amide bonds. The summed E-state index contributed by atoms with van der Waals surface area (Å²) < 4.78 is 1.70. The zero-order valence-corrected chi connectivity index (χ0v) is 18.7. The molecule has 2 bridgehead atoms. The lowest BCUT2D eigenvalue weighted by atomic mass is 9.75. The number of piperidine rings is 1. The monoisotopic (exact) mass is 414 g/mol. The number of hydrogen-bond acceptors (Lipinski definition) is 4. The van der Waals surface area contributed by atoms with Crippen molar-refractivity contribution in [1.82, 2.24) is 14.5 Å². The van der Waals surface area contributed by atoms with Crippen LogP contribution < -0.4 is 10.6 Å². The summed E-state index contributed by atoms with van der Waals surface area (Å²) in [6, 6.07) is 0.110. The molecule has 0 aromatic carbocycles. The van der Waals surface area contributed by atoms with Gasteiger partial charge in [-0.05, 0) is 42.2 Å². The van der Waals surface area contributed by atoms with Gasteiger partial charge in [-0.2, -0.15) is 0 Å². The molecule has 164 valence electrons. The molecule has 7 heteroatoms. The molecule has 3 aliphatic heterocycles. The van der Waals surface area contributed by atoms with E-state index in [0.717, 1.165) is 30.9 Å². The van der Waals surface area contributed by atoms with Crippen LogP contribution in [0.5, 0.6) is 0 Å². The number of H-pyrrole nitrogens is 1. The number of carbonyl (C=O) groups is 1. The molecule has 0 saturated carbocycles. The molecule has 1 aromatic heterocycles. The minimum absolute atomic E-state index is 0.0417. The number of nitrogens with zero attached hydrogens (tertiary/aromatic N) is 3. The first-order valence-corrected chi connectivity index (χ1v) is 11.0. The lowest BCUT2D eigenvalue weighted by molar-refractivity contribution is -0.144. The zero-order valence-electron chi connectivity index (χ0n) is 18.7. The standard InChI is InChI=1S/C23H34N4O3/c1-6-19(28)21(29)26-12-14-7-8-15(26)11-16(14)18-10-9-17-20(25(5)22(30)24-17)27(18)13-23(2,3)4/h9-11,14-15,18-19,28H,6-8,12-13H2,1-5H3,(H,24,30). The van der Waals surface area contributed by atoms with Crippen molar-refractivity contribution in [2.24, 2.45) is 18.4 Å². The van der Waals surface area contributed by atoms with Crippen molar-refractivity contribution >= 4 is 17.8 Å². The van der Waals surface area contributed by atoms with Crippen LogP contribution in [-0.4, -0.2) is 56.7 Å². The molecule has 0 spiro atoms. The van der Waals surface area contributed by atoms with Crippen LogP contribution in [0.15, 0.2) is 22.5 Å². The fourth-order valence-electron chi connectivity index (χ4n) is 5.15. The maximum atomic E-state index is 12.6. The molecule has 1 saturated heterocycles. The third-order valence-electron chi connectivity index (χ3n) is 6.58. The largest absolute Gasteiger partial charge is 0.383 e. The van der Waals surface area contributed by atoms with Gasteiger partial charge in [0.1, 0.15) is 11.9 Å². The van der Waals surface area contributed by atoms with Gasteiger partial charge in [-0.15, -0.1) is 0 Å². The first-order valence-electron chi connectivity index (χ1n) is 11.0. The predicted molar refractivity (Wildman–Crippen MR) is 118 cm³/mol. The van der Waals surface area contributed by atoms with E-state index in [4.69, 9.17) is 0 Å². The minimum Gasteiger partial charge on any atom is -0.383 e. The van der Waals surface area contributed by atoms with Crippen LogP contribution in [0.1, 0.15) is 52.7 Å². The third kappa shape index (κ3) is 3.53. The molecular weight excluding hydrogens is 380 g/mol. The number of aliphatic hydroxyl groups excluding tert-OH is 1. The summed E-state index contributed by atoms with van der Waals surface area (Å²) in [6.07, 6.45) is 7.98. The molecule has 4 atom stereocenters. The Labute approximate surface area is 178 Å². The quantitative estimate of drug-likeness (QED) is 0.741. The Kier molecular flexibility index (Phi) is 5.21. The van der Waals surface area contributed by atoms with E-state index in [1.165, 1.54) is 5.57 Å². The second-order valence-electron chi connectivity index (χ2n) is 10.1. The molecule has 30 heavy (non-hydrogen) atoms. The summed E-state index contributed by atoms with van der Waals surface area (Å²) in [6.45, 7) is 9.94. The van der Waals surface area contributed by atoms with Crippen molar-refractivity contribution in [2.75, 3.05) is 18.0 Å². The lowest BCUT2D eigenvalue weighted by Gasteiger charge is -2.49. The van der Waals surface area contributed by atoms with Gasteiger partial charge in [-0.1, -0.05) is 39.8 Å². The highest BCUT2D eigenvalue weighted by Gasteiger charge is 2.43. The van der Waals surface area contributed by atoms with Gasteiger partial charge < -0.3 is 19.9 Å². The molecule has 4 unspecified atom stereocenters. The van der Waals surface area contributed by atoms with Crippen LogP contribution in [0.4, 0.5) is 5.82 Å². The Hall–Kier alpha value is -2.28. The Morgan fingerprint density at radius 1 is 1.33 bits per heavy atom. The number of carbonyl (C=O) groups excluding carboxylic acids is 1. The number of nitrogens with one attached hydrogen (secondary N) is 1. The predicted octanol–water partition coefficient (Wildman–Crippen LogP) is 2.28. The zero-order chi connectivity index (χ0) is 21.8. The molecule has 1 aliphatic carbocycles. The van der Waals surface area contributed by atoms with Crippen LogP contribution >= 0.6 is 0 Å².